The Hall–Kier alpha value is -4.60. The predicted molar refractivity (Wildman–Crippen MR) is 127 cm³/mol. The largest absolute Gasteiger partial charge is 0.467 e. The van der Waals surface area contributed by atoms with Crippen molar-refractivity contribution in [3.63, 3.8) is 0 Å². The number of carbonyl (C=O) groups excluding carboxylic acids is 2. The number of anilines is 2. The first-order valence-electron chi connectivity index (χ1n) is 11.5. The summed E-state index contributed by atoms with van der Waals surface area (Å²) >= 11 is 0. The number of halogens is 5. The molecule has 4 rings (SSSR count). The van der Waals surface area contributed by atoms with Crippen molar-refractivity contribution in [2.24, 2.45) is 0 Å². The number of benzene rings is 1. The van der Waals surface area contributed by atoms with Gasteiger partial charge in [0.25, 0.3) is 0 Å². The molecule has 1 fully saturated rings. The number of ether oxygens (including phenoxy) is 3. The molecule has 0 unspecified atom stereocenters. The van der Waals surface area contributed by atoms with Gasteiger partial charge in [0.05, 0.1) is 61.5 Å². The van der Waals surface area contributed by atoms with Gasteiger partial charge in [-0.1, -0.05) is 0 Å². The highest BCUT2D eigenvalue weighted by Gasteiger charge is 2.44. The van der Waals surface area contributed by atoms with Crippen LogP contribution in [0.1, 0.15) is 17.7 Å². The Morgan fingerprint density at radius 3 is 2.48 bits per heavy atom. The highest BCUT2D eigenvalue weighted by atomic mass is 19.4. The van der Waals surface area contributed by atoms with Gasteiger partial charge in [0, 0.05) is 19.1 Å². The Labute approximate surface area is 223 Å². The third kappa shape index (κ3) is 6.69. The second-order valence-corrected chi connectivity index (χ2v) is 8.45. The van der Waals surface area contributed by atoms with Crippen LogP contribution in [0, 0.1) is 11.6 Å². The van der Waals surface area contributed by atoms with Gasteiger partial charge in [-0.15, -0.1) is 0 Å². The maximum Gasteiger partial charge on any atom is 0.418 e. The number of hydrogen-bond donors (Lipinski definition) is 3. The number of aromatic nitrogens is 3. The summed E-state index contributed by atoms with van der Waals surface area (Å²) in [7, 11) is 1.36. The molecule has 2 amide bonds. The van der Waals surface area contributed by atoms with E-state index in [0.29, 0.717) is 6.07 Å². The molecular formula is C24H21F5N6O5. The Bertz CT molecular complexity index is 1380. The van der Waals surface area contributed by atoms with Crippen LogP contribution in [0.2, 0.25) is 0 Å². The van der Waals surface area contributed by atoms with Crippen LogP contribution in [0.3, 0.4) is 0 Å². The zero-order valence-corrected chi connectivity index (χ0v) is 20.6. The molecule has 0 saturated carbocycles. The average molecular weight is 568 g/mol. The van der Waals surface area contributed by atoms with Crippen molar-refractivity contribution in [2.75, 3.05) is 25.6 Å². The van der Waals surface area contributed by atoms with E-state index in [0.717, 1.165) is 24.4 Å². The molecule has 0 radical (unpaired) electrons. The molecule has 1 aromatic carbocycles. The van der Waals surface area contributed by atoms with E-state index in [9.17, 15) is 31.5 Å². The summed E-state index contributed by atoms with van der Waals surface area (Å²) in [5, 5.41) is 7.29. The van der Waals surface area contributed by atoms with Gasteiger partial charge >= 0.3 is 18.3 Å². The number of alkyl halides is 3. The highest BCUT2D eigenvalue weighted by molar-refractivity contribution is 5.90. The normalized spacial score (nSPS) is 16.8. The molecule has 1 aliphatic heterocycles. The number of amides is 2. The van der Waals surface area contributed by atoms with Crippen LogP contribution in [0.4, 0.5) is 38.1 Å². The molecule has 16 heteroatoms. The number of methoxy groups -OCH3 is 1. The molecule has 212 valence electrons. The summed E-state index contributed by atoms with van der Waals surface area (Å²) in [6.07, 6.45) is -2.33. The third-order valence-electron chi connectivity index (χ3n) is 5.69. The summed E-state index contributed by atoms with van der Waals surface area (Å²) < 4.78 is 82.9. The van der Waals surface area contributed by atoms with Crippen LogP contribution in [0.25, 0.3) is 0 Å². The van der Waals surface area contributed by atoms with Crippen molar-refractivity contribution in [3.05, 3.63) is 65.7 Å². The van der Waals surface area contributed by atoms with Crippen molar-refractivity contribution in [1.29, 1.82) is 0 Å². The molecule has 0 spiro atoms. The van der Waals surface area contributed by atoms with E-state index >= 15 is 0 Å². The molecule has 1 atom stereocenters. The van der Waals surface area contributed by atoms with Gasteiger partial charge in [-0.2, -0.15) is 23.1 Å². The van der Waals surface area contributed by atoms with E-state index in [-0.39, 0.29) is 42.8 Å². The monoisotopic (exact) mass is 568 g/mol. The zero-order chi connectivity index (χ0) is 28.9. The molecule has 11 nitrogen and oxygen atoms in total. The van der Waals surface area contributed by atoms with Gasteiger partial charge in [0.2, 0.25) is 5.91 Å². The number of hydrogen-bond acceptors (Lipinski definition) is 9. The topological polar surface area (TPSA) is 137 Å². The fourth-order valence-electron chi connectivity index (χ4n) is 3.70. The lowest BCUT2D eigenvalue weighted by molar-refractivity contribution is -0.137. The molecule has 1 saturated heterocycles. The second kappa shape index (κ2) is 11.6. The Balaban J connectivity index is 1.40. The lowest BCUT2D eigenvalue weighted by atomic mass is 9.97. The number of nitrogens with one attached hydrogen (secondary N) is 3. The third-order valence-corrected chi connectivity index (χ3v) is 5.69. The van der Waals surface area contributed by atoms with Crippen LogP contribution in [-0.2, 0) is 22.3 Å². The fourth-order valence-corrected chi connectivity index (χ4v) is 3.70. The maximum absolute atomic E-state index is 14.7. The summed E-state index contributed by atoms with van der Waals surface area (Å²) in [6, 6.07) is 2.93. The maximum atomic E-state index is 14.7. The summed E-state index contributed by atoms with van der Waals surface area (Å²) in [4.78, 5) is 36.9. The minimum absolute atomic E-state index is 0.0178. The van der Waals surface area contributed by atoms with E-state index in [1.54, 1.807) is 0 Å². The molecule has 40 heavy (non-hydrogen) atoms. The van der Waals surface area contributed by atoms with Gasteiger partial charge in [-0.3, -0.25) is 9.78 Å². The predicted octanol–water partition coefficient (Wildman–Crippen LogP) is 3.48. The van der Waals surface area contributed by atoms with E-state index < -0.39 is 53.1 Å². The first-order valence-corrected chi connectivity index (χ1v) is 11.5. The molecule has 0 aliphatic carbocycles. The summed E-state index contributed by atoms with van der Waals surface area (Å²) in [5.74, 6) is -2.76. The summed E-state index contributed by atoms with van der Waals surface area (Å²) in [5.41, 5.74) is -3.69. The van der Waals surface area contributed by atoms with Crippen LogP contribution in [-0.4, -0.2) is 52.8 Å². The number of pyridine rings is 1. The molecule has 3 heterocycles. The standard InChI is InChI=1S/C24H21F5N6O5/c1-38-21-32-9-15(10-33-21)40-22(37)35-23(4-5-39-12-23)20(36)31-11-19-17(26)7-14(8-30-19)34-18-3-2-13(25)6-16(18)24(27,28)29/h2-3,6-10,34H,4-5,11-12H2,1H3,(H,31,36)(H,35,37)/t23-/m0/s1. The average Bonchev–Trinajstić information content (AvgIpc) is 3.38. The van der Waals surface area contributed by atoms with Crippen LogP contribution < -0.4 is 25.4 Å². The number of nitrogens with zero attached hydrogens (tertiary/aromatic N) is 3. The molecule has 3 N–H and O–H groups in total. The van der Waals surface area contributed by atoms with Crippen LogP contribution in [0.15, 0.2) is 42.9 Å². The van der Waals surface area contributed by atoms with Crippen molar-refractivity contribution in [3.8, 4) is 11.8 Å². The van der Waals surface area contributed by atoms with Crippen molar-refractivity contribution in [2.45, 2.75) is 24.7 Å². The lowest BCUT2D eigenvalue weighted by Gasteiger charge is -2.26. The van der Waals surface area contributed by atoms with E-state index in [2.05, 4.69) is 30.9 Å². The van der Waals surface area contributed by atoms with Crippen LogP contribution in [0.5, 0.6) is 11.8 Å². The fraction of sp³-hybridized carbons (Fsp3) is 0.292. The van der Waals surface area contributed by atoms with Crippen molar-refractivity contribution in [1.82, 2.24) is 25.6 Å². The number of carbonyl (C=O) groups is 2. The number of rotatable bonds is 8. The molecular weight excluding hydrogens is 547 g/mol. The van der Waals surface area contributed by atoms with E-state index in [4.69, 9.17) is 14.2 Å². The molecule has 3 aromatic rings. The van der Waals surface area contributed by atoms with Crippen molar-refractivity contribution < 1.29 is 45.8 Å². The van der Waals surface area contributed by atoms with Crippen LogP contribution >= 0.6 is 0 Å². The van der Waals surface area contributed by atoms with Crippen molar-refractivity contribution >= 4 is 23.4 Å². The minimum atomic E-state index is -4.86. The first kappa shape index (κ1) is 28.4. The molecule has 1 aliphatic rings. The zero-order valence-electron chi connectivity index (χ0n) is 20.6. The van der Waals surface area contributed by atoms with Gasteiger partial charge < -0.3 is 30.2 Å². The quantitative estimate of drug-likeness (QED) is 0.349. The molecule has 0 bridgehead atoms. The minimum Gasteiger partial charge on any atom is -0.467 e. The Morgan fingerprint density at radius 1 is 1.10 bits per heavy atom. The summed E-state index contributed by atoms with van der Waals surface area (Å²) in [6.45, 7) is -0.458. The molecule has 2 aromatic heterocycles. The van der Waals surface area contributed by atoms with Gasteiger partial charge in [0.15, 0.2) is 5.75 Å². The smallest absolute Gasteiger partial charge is 0.418 e. The SMILES string of the molecule is COc1ncc(OC(=O)N[C@@]2(C(=O)NCc3ncc(Nc4ccc(F)cc4C(F)(F)F)cc3F)CCOC2)cn1. The van der Waals surface area contributed by atoms with Gasteiger partial charge in [0.1, 0.15) is 17.2 Å². The highest BCUT2D eigenvalue weighted by Crippen LogP contribution is 2.36. The Kier molecular flexibility index (Phi) is 8.27. The lowest BCUT2D eigenvalue weighted by Crippen LogP contribution is -2.60. The van der Waals surface area contributed by atoms with E-state index in [1.165, 1.54) is 19.5 Å². The second-order valence-electron chi connectivity index (χ2n) is 8.45. The van der Waals surface area contributed by atoms with E-state index in [1.807, 2.05) is 0 Å². The Morgan fingerprint density at radius 2 is 1.85 bits per heavy atom. The van der Waals surface area contributed by atoms with Gasteiger partial charge in [-0.25, -0.2) is 13.6 Å². The first-order chi connectivity index (χ1) is 19.0. The van der Waals surface area contributed by atoms with Gasteiger partial charge in [-0.05, 0) is 18.2 Å².